The molecule has 0 bridgehead atoms. The summed E-state index contributed by atoms with van der Waals surface area (Å²) < 4.78 is 74.1. The van der Waals surface area contributed by atoms with Crippen LogP contribution in [0, 0.1) is 52.3 Å². The molecular formula is C28H48NNaO6S. The standard InChI is InChI=1S/C28H49NO6S.Na/c1-5-19-23-16-18(30)10-12-28(23,4)22-11-13-27(3)20(7-8-21(27)25(22)26(19)32)17(2)6-9-24(31)29-14-15-36(33,34)35;/h17-23,25-26,30,32H,5-16H2,1-4H3,(H,29,31)(H,33,34,35);/q;+1/p-1/t17-,18+,19-,20-,21+,22+,23+,25+,26-,27-,28-;/m1./s1/i1D3,5D2;. The van der Waals surface area contributed by atoms with Gasteiger partial charge in [0.25, 0.3) is 0 Å². The molecule has 0 saturated heterocycles. The van der Waals surface area contributed by atoms with Gasteiger partial charge in [-0.15, -0.1) is 0 Å². The zero-order chi connectivity index (χ0) is 30.8. The molecule has 9 heteroatoms. The first-order chi connectivity index (χ1) is 18.7. The Balaban J connectivity index is 0.00000484. The summed E-state index contributed by atoms with van der Waals surface area (Å²) in [6.45, 7) is 3.40. The molecule has 0 heterocycles. The third kappa shape index (κ3) is 6.15. The Morgan fingerprint density at radius 2 is 1.81 bits per heavy atom. The summed E-state index contributed by atoms with van der Waals surface area (Å²) in [6.07, 6.45) is 1.61. The molecule has 0 aromatic carbocycles. The molecule has 4 saturated carbocycles. The number of rotatable bonds is 8. The Hall–Kier alpha value is 0.300. The molecular weight excluding hydrogens is 501 g/mol. The molecule has 1 amide bonds. The summed E-state index contributed by atoms with van der Waals surface area (Å²) in [5.41, 5.74) is -0.517. The first kappa shape index (κ1) is 25.0. The van der Waals surface area contributed by atoms with Gasteiger partial charge in [0, 0.05) is 19.8 Å². The molecule has 0 radical (unpaired) electrons. The molecule has 37 heavy (non-hydrogen) atoms. The summed E-state index contributed by atoms with van der Waals surface area (Å²) in [7, 11) is -4.39. The monoisotopic (exact) mass is 554 g/mol. The summed E-state index contributed by atoms with van der Waals surface area (Å²) in [6, 6.07) is 0. The van der Waals surface area contributed by atoms with Crippen LogP contribution in [0.4, 0.5) is 0 Å². The normalized spacial score (nSPS) is 46.8. The van der Waals surface area contributed by atoms with Crippen molar-refractivity contribution in [1.29, 1.82) is 0 Å². The molecule has 0 aromatic rings. The van der Waals surface area contributed by atoms with Gasteiger partial charge in [0.2, 0.25) is 5.91 Å². The number of amides is 1. The summed E-state index contributed by atoms with van der Waals surface area (Å²) in [5.74, 6) is -2.03. The van der Waals surface area contributed by atoms with E-state index in [9.17, 15) is 28.0 Å². The smallest absolute Gasteiger partial charge is 0.748 e. The SMILES string of the molecule is [2H]C([2H])([2H])C([2H])([2H])[C@H]1[C@@H](O)[C@@H]2[C@H](CC[C@]3(C)[C@@H]([C@H](C)CCC(=O)NCCS(=O)(=O)[O-])CC[C@@H]23)[C@@]2(C)CC[C@H](O)C[C@@H]12.[Na+]. The van der Waals surface area contributed by atoms with Crippen LogP contribution in [-0.2, 0) is 14.9 Å². The van der Waals surface area contributed by atoms with Crippen molar-refractivity contribution < 1.29 is 64.4 Å². The van der Waals surface area contributed by atoms with E-state index >= 15 is 0 Å². The Morgan fingerprint density at radius 1 is 1.14 bits per heavy atom. The maximum absolute atomic E-state index is 12.3. The number of aliphatic hydroxyl groups is 2. The fourth-order valence-corrected chi connectivity index (χ4v) is 9.76. The fraction of sp³-hybridized carbons (Fsp3) is 0.964. The van der Waals surface area contributed by atoms with Crippen molar-refractivity contribution in [3.05, 3.63) is 0 Å². The molecule has 11 atom stereocenters. The molecule has 0 aliphatic heterocycles. The zero-order valence-electron chi connectivity index (χ0n) is 27.9. The first-order valence-electron chi connectivity index (χ1n) is 16.3. The van der Waals surface area contributed by atoms with Gasteiger partial charge >= 0.3 is 29.6 Å². The number of carbonyl (C=O) groups is 1. The fourth-order valence-electron chi connectivity index (χ4n) is 9.40. The molecule has 4 aliphatic rings. The van der Waals surface area contributed by atoms with Crippen LogP contribution in [0.5, 0.6) is 0 Å². The van der Waals surface area contributed by atoms with E-state index in [1.54, 1.807) is 0 Å². The third-order valence-electron chi connectivity index (χ3n) is 11.2. The van der Waals surface area contributed by atoms with Crippen LogP contribution in [0.3, 0.4) is 0 Å². The van der Waals surface area contributed by atoms with E-state index in [0.29, 0.717) is 25.7 Å². The topological polar surface area (TPSA) is 127 Å². The maximum atomic E-state index is 12.3. The van der Waals surface area contributed by atoms with Gasteiger partial charge in [0.1, 0.15) is 0 Å². The Bertz CT molecular complexity index is 1100. The Morgan fingerprint density at radius 3 is 2.49 bits per heavy atom. The second kappa shape index (κ2) is 12.0. The van der Waals surface area contributed by atoms with Gasteiger partial charge in [0.15, 0.2) is 0 Å². The van der Waals surface area contributed by atoms with Gasteiger partial charge in [-0.25, -0.2) is 8.42 Å². The van der Waals surface area contributed by atoms with E-state index in [0.717, 1.165) is 25.7 Å². The number of carbonyl (C=O) groups excluding carboxylic acids is 1. The first-order valence-corrected chi connectivity index (χ1v) is 15.4. The van der Waals surface area contributed by atoms with E-state index in [4.69, 9.17) is 6.85 Å². The zero-order valence-corrected chi connectivity index (χ0v) is 25.7. The summed E-state index contributed by atoms with van der Waals surface area (Å²) >= 11 is 0. The number of hydrogen-bond donors (Lipinski definition) is 3. The predicted octanol–water partition coefficient (Wildman–Crippen LogP) is 0.695. The van der Waals surface area contributed by atoms with Crippen LogP contribution in [0.15, 0.2) is 0 Å². The quantitative estimate of drug-likeness (QED) is 0.299. The largest absolute Gasteiger partial charge is 1.00 e. The minimum Gasteiger partial charge on any atom is -0.748 e. The molecule has 3 N–H and O–H groups in total. The van der Waals surface area contributed by atoms with Crippen molar-refractivity contribution in [2.24, 2.45) is 52.3 Å². The molecule has 7 nitrogen and oxygen atoms in total. The van der Waals surface area contributed by atoms with Gasteiger partial charge < -0.3 is 20.1 Å². The van der Waals surface area contributed by atoms with E-state index in [2.05, 4.69) is 26.1 Å². The van der Waals surface area contributed by atoms with Crippen molar-refractivity contribution in [1.82, 2.24) is 5.32 Å². The summed E-state index contributed by atoms with van der Waals surface area (Å²) in [4.78, 5) is 12.3. The molecule has 0 unspecified atom stereocenters. The van der Waals surface area contributed by atoms with Crippen LogP contribution in [0.25, 0.3) is 0 Å². The third-order valence-corrected chi connectivity index (χ3v) is 11.9. The summed E-state index contributed by atoms with van der Waals surface area (Å²) in [5, 5.41) is 25.1. The van der Waals surface area contributed by atoms with Gasteiger partial charge in [-0.3, -0.25) is 4.79 Å². The predicted molar refractivity (Wildman–Crippen MR) is 138 cm³/mol. The van der Waals surface area contributed by atoms with Crippen LogP contribution in [0.1, 0.15) is 98.6 Å². The average molecular weight is 555 g/mol. The molecule has 4 fully saturated rings. The van der Waals surface area contributed by atoms with Crippen LogP contribution < -0.4 is 34.9 Å². The van der Waals surface area contributed by atoms with E-state index in [1.807, 2.05) is 0 Å². The van der Waals surface area contributed by atoms with Gasteiger partial charge in [0.05, 0.1) is 28.1 Å². The van der Waals surface area contributed by atoms with Crippen molar-refractivity contribution in [3.63, 3.8) is 0 Å². The number of nitrogens with one attached hydrogen (secondary N) is 1. The average Bonchev–Trinajstić information content (AvgIpc) is 3.19. The Kier molecular flexibility index (Phi) is 8.15. The van der Waals surface area contributed by atoms with Crippen LogP contribution >= 0.6 is 0 Å². The minimum absolute atomic E-state index is 0. The van der Waals surface area contributed by atoms with Crippen LogP contribution in [0.2, 0.25) is 0 Å². The number of aliphatic hydroxyl groups excluding tert-OH is 2. The van der Waals surface area contributed by atoms with Crippen LogP contribution in [-0.4, -0.2) is 53.6 Å². The molecule has 0 spiro atoms. The van der Waals surface area contributed by atoms with E-state index in [1.165, 1.54) is 0 Å². The minimum atomic E-state index is -4.39. The second-order valence-corrected chi connectivity index (χ2v) is 14.4. The molecule has 208 valence electrons. The van der Waals surface area contributed by atoms with E-state index in [-0.39, 0.29) is 88.8 Å². The van der Waals surface area contributed by atoms with Crippen molar-refractivity contribution in [3.8, 4) is 0 Å². The molecule has 4 rings (SSSR count). The van der Waals surface area contributed by atoms with Gasteiger partial charge in [-0.1, -0.05) is 34.0 Å². The van der Waals surface area contributed by atoms with E-state index < -0.39 is 53.1 Å². The van der Waals surface area contributed by atoms with Gasteiger partial charge in [-0.2, -0.15) is 0 Å². The van der Waals surface area contributed by atoms with Gasteiger partial charge in [-0.05, 0) is 104 Å². The Labute approximate surface area is 253 Å². The molecule has 4 aliphatic carbocycles. The van der Waals surface area contributed by atoms with Crippen molar-refractivity contribution in [2.75, 3.05) is 12.3 Å². The van der Waals surface area contributed by atoms with Crippen molar-refractivity contribution in [2.45, 2.75) is 104 Å². The second-order valence-electron chi connectivity index (χ2n) is 12.8. The number of fused-ring (bicyclic) bond motifs is 5. The maximum Gasteiger partial charge on any atom is 1.00 e. The number of hydrogen-bond acceptors (Lipinski definition) is 6. The van der Waals surface area contributed by atoms with Crippen molar-refractivity contribution >= 4 is 16.0 Å². The molecule has 0 aromatic heterocycles.